The third-order valence-corrected chi connectivity index (χ3v) is 6.52. The van der Waals surface area contributed by atoms with Crippen molar-refractivity contribution in [2.45, 2.75) is 25.7 Å². The van der Waals surface area contributed by atoms with Gasteiger partial charge < -0.3 is 9.84 Å². The number of nitrogens with one attached hydrogen (secondary N) is 1. The van der Waals surface area contributed by atoms with Crippen LogP contribution in [0.2, 0.25) is 0 Å². The molecule has 0 saturated heterocycles. The van der Waals surface area contributed by atoms with Gasteiger partial charge in [-0.15, -0.1) is 0 Å². The van der Waals surface area contributed by atoms with E-state index in [1.807, 2.05) is 0 Å². The van der Waals surface area contributed by atoms with E-state index in [9.17, 15) is 17.6 Å². The Hall–Kier alpha value is -3.11. The number of nitrogens with zero attached hydrogens (tertiary/aromatic N) is 3. The summed E-state index contributed by atoms with van der Waals surface area (Å²) in [7, 11) is -3.84. The molecule has 1 heterocycles. The Kier molecular flexibility index (Phi) is 6.28. The second-order valence-corrected chi connectivity index (χ2v) is 8.31. The summed E-state index contributed by atoms with van der Waals surface area (Å²) in [6, 6.07) is 9.86. The number of amides is 1. The van der Waals surface area contributed by atoms with E-state index >= 15 is 0 Å². The number of rotatable bonds is 7. The zero-order valence-corrected chi connectivity index (χ0v) is 17.5. The molecule has 0 radical (unpaired) electrons. The highest BCUT2D eigenvalue weighted by atomic mass is 32.2. The maximum Gasteiger partial charge on any atom is 0.258 e. The smallest absolute Gasteiger partial charge is 0.258 e. The number of aryl methyl sites for hydroxylation is 1. The van der Waals surface area contributed by atoms with Crippen LogP contribution in [0.15, 0.2) is 51.9 Å². The van der Waals surface area contributed by atoms with Crippen LogP contribution in [0.5, 0.6) is 0 Å². The maximum absolute atomic E-state index is 14.4. The van der Waals surface area contributed by atoms with Crippen LogP contribution in [0.3, 0.4) is 0 Å². The molecule has 0 saturated carbocycles. The molecule has 0 aliphatic carbocycles. The van der Waals surface area contributed by atoms with E-state index in [2.05, 4.69) is 15.5 Å². The summed E-state index contributed by atoms with van der Waals surface area (Å²) in [6.45, 7) is 5.56. The van der Waals surface area contributed by atoms with Crippen LogP contribution in [-0.2, 0) is 10.0 Å². The molecule has 1 N–H and O–H groups in total. The maximum atomic E-state index is 14.4. The van der Waals surface area contributed by atoms with E-state index in [4.69, 9.17) is 4.52 Å². The third-order valence-electron chi connectivity index (χ3n) is 4.47. The summed E-state index contributed by atoms with van der Waals surface area (Å²) >= 11 is 0. The fourth-order valence-electron chi connectivity index (χ4n) is 2.94. The molecule has 3 rings (SSSR count). The standard InChI is InChI=1S/C20H21FN4O4S/c1-4-25(5-2)30(27,28)14-10-11-17(21)16(12-14)20(26)23-18-9-7-6-8-15(18)19-22-13(3)29-24-19/h6-12H,4-5H2,1-3H3,(H,23,26). The molecule has 2 aromatic carbocycles. The summed E-state index contributed by atoms with van der Waals surface area (Å²) in [5.41, 5.74) is 0.428. The number of aromatic nitrogens is 2. The first-order valence-corrected chi connectivity index (χ1v) is 10.7. The molecule has 0 fully saturated rings. The Labute approximate surface area is 173 Å². The number of halogens is 1. The van der Waals surface area contributed by atoms with Gasteiger partial charge in [0.1, 0.15) is 5.82 Å². The van der Waals surface area contributed by atoms with Crippen molar-refractivity contribution < 1.29 is 22.1 Å². The van der Waals surface area contributed by atoms with E-state index in [1.165, 1.54) is 4.31 Å². The van der Waals surface area contributed by atoms with Gasteiger partial charge in [0.15, 0.2) is 0 Å². The fourth-order valence-corrected chi connectivity index (χ4v) is 4.42. The molecule has 8 nitrogen and oxygen atoms in total. The highest BCUT2D eigenvalue weighted by molar-refractivity contribution is 7.89. The van der Waals surface area contributed by atoms with Gasteiger partial charge in [-0.3, -0.25) is 4.79 Å². The molecule has 0 spiro atoms. The SMILES string of the molecule is CCN(CC)S(=O)(=O)c1ccc(F)c(C(=O)Nc2ccccc2-c2noc(C)n2)c1. The Morgan fingerprint density at radius 3 is 2.50 bits per heavy atom. The lowest BCUT2D eigenvalue weighted by Gasteiger charge is -2.19. The number of carbonyl (C=O) groups is 1. The van der Waals surface area contributed by atoms with E-state index in [1.54, 1.807) is 45.0 Å². The second-order valence-electron chi connectivity index (χ2n) is 6.37. The summed E-state index contributed by atoms with van der Waals surface area (Å²) in [5, 5.41) is 6.43. The van der Waals surface area contributed by atoms with Crippen molar-refractivity contribution in [1.29, 1.82) is 0 Å². The van der Waals surface area contributed by atoms with Crippen molar-refractivity contribution in [1.82, 2.24) is 14.4 Å². The van der Waals surface area contributed by atoms with E-state index in [0.29, 0.717) is 17.1 Å². The number of carbonyl (C=O) groups excluding carboxylic acids is 1. The third kappa shape index (κ3) is 4.24. The van der Waals surface area contributed by atoms with Crippen LogP contribution < -0.4 is 5.32 Å². The number of benzene rings is 2. The van der Waals surface area contributed by atoms with Crippen LogP contribution in [0.1, 0.15) is 30.1 Å². The Morgan fingerprint density at radius 2 is 1.87 bits per heavy atom. The Bertz CT molecular complexity index is 1170. The molecule has 1 aromatic heterocycles. The first-order valence-electron chi connectivity index (χ1n) is 9.28. The highest BCUT2D eigenvalue weighted by Crippen LogP contribution is 2.27. The Balaban J connectivity index is 1.96. The molecule has 3 aromatic rings. The van der Waals surface area contributed by atoms with Crippen LogP contribution >= 0.6 is 0 Å². The zero-order chi connectivity index (χ0) is 21.9. The van der Waals surface area contributed by atoms with Crippen molar-refractivity contribution in [3.8, 4) is 11.4 Å². The van der Waals surface area contributed by atoms with Crippen molar-refractivity contribution >= 4 is 21.6 Å². The first kappa shape index (κ1) is 21.6. The van der Waals surface area contributed by atoms with E-state index in [-0.39, 0.29) is 29.4 Å². The second kappa shape index (κ2) is 8.72. The predicted octanol–water partition coefficient (Wildman–Crippen LogP) is 3.47. The number of para-hydroxylation sites is 1. The predicted molar refractivity (Wildman–Crippen MR) is 109 cm³/mol. The van der Waals surface area contributed by atoms with Gasteiger partial charge in [0, 0.05) is 25.6 Å². The van der Waals surface area contributed by atoms with Gasteiger partial charge in [-0.1, -0.05) is 31.1 Å². The molecular weight excluding hydrogens is 411 g/mol. The van der Waals surface area contributed by atoms with Crippen molar-refractivity contribution in [3.05, 3.63) is 59.7 Å². The van der Waals surface area contributed by atoms with Crippen molar-refractivity contribution in [2.75, 3.05) is 18.4 Å². The van der Waals surface area contributed by atoms with Gasteiger partial charge in [-0.2, -0.15) is 9.29 Å². The molecule has 0 atom stereocenters. The summed E-state index contributed by atoms with van der Waals surface area (Å²) < 4.78 is 46.1. The molecule has 0 aliphatic rings. The van der Waals surface area contributed by atoms with Crippen LogP contribution in [-0.4, -0.2) is 41.9 Å². The van der Waals surface area contributed by atoms with E-state index in [0.717, 1.165) is 18.2 Å². The van der Waals surface area contributed by atoms with Gasteiger partial charge >= 0.3 is 0 Å². The summed E-state index contributed by atoms with van der Waals surface area (Å²) in [5.74, 6) is -1.01. The largest absolute Gasteiger partial charge is 0.339 e. The molecule has 1 amide bonds. The lowest BCUT2D eigenvalue weighted by Crippen LogP contribution is -2.31. The molecule has 0 bridgehead atoms. The lowest BCUT2D eigenvalue weighted by atomic mass is 10.1. The number of anilines is 1. The molecule has 0 unspecified atom stereocenters. The minimum Gasteiger partial charge on any atom is -0.339 e. The van der Waals surface area contributed by atoms with Crippen LogP contribution in [0.25, 0.3) is 11.4 Å². The van der Waals surface area contributed by atoms with Gasteiger partial charge in [0.2, 0.25) is 21.7 Å². The molecule has 10 heteroatoms. The molecular formula is C20H21FN4O4S. The van der Waals surface area contributed by atoms with Gasteiger partial charge in [0.05, 0.1) is 16.1 Å². The van der Waals surface area contributed by atoms with Crippen molar-refractivity contribution in [2.24, 2.45) is 0 Å². The monoisotopic (exact) mass is 432 g/mol. The normalized spacial score (nSPS) is 11.6. The summed E-state index contributed by atoms with van der Waals surface area (Å²) in [4.78, 5) is 16.8. The lowest BCUT2D eigenvalue weighted by molar-refractivity contribution is 0.102. The number of hydrogen-bond donors (Lipinski definition) is 1. The number of sulfonamides is 1. The molecule has 30 heavy (non-hydrogen) atoms. The Morgan fingerprint density at radius 1 is 1.17 bits per heavy atom. The van der Waals surface area contributed by atoms with Gasteiger partial charge in [0.25, 0.3) is 5.91 Å². The zero-order valence-electron chi connectivity index (χ0n) is 16.7. The van der Waals surface area contributed by atoms with Crippen LogP contribution in [0, 0.1) is 12.7 Å². The van der Waals surface area contributed by atoms with Crippen molar-refractivity contribution in [3.63, 3.8) is 0 Å². The topological polar surface area (TPSA) is 105 Å². The van der Waals surface area contributed by atoms with E-state index < -0.39 is 21.7 Å². The van der Waals surface area contributed by atoms with Crippen LogP contribution in [0.4, 0.5) is 10.1 Å². The highest BCUT2D eigenvalue weighted by Gasteiger charge is 2.24. The summed E-state index contributed by atoms with van der Waals surface area (Å²) in [6.07, 6.45) is 0. The fraction of sp³-hybridized carbons (Fsp3) is 0.250. The van der Waals surface area contributed by atoms with Gasteiger partial charge in [-0.25, -0.2) is 12.8 Å². The minimum atomic E-state index is -3.84. The van der Waals surface area contributed by atoms with Gasteiger partial charge in [-0.05, 0) is 30.3 Å². The molecule has 158 valence electrons. The quantitative estimate of drug-likeness (QED) is 0.613. The molecule has 0 aliphatic heterocycles. The average Bonchev–Trinajstić information content (AvgIpc) is 3.15. The average molecular weight is 432 g/mol. The number of hydrogen-bond acceptors (Lipinski definition) is 6. The minimum absolute atomic E-state index is 0.153. The first-order chi connectivity index (χ1) is 14.3.